The lowest BCUT2D eigenvalue weighted by atomic mass is 9.92. The minimum atomic E-state index is -0.261. The minimum absolute atomic E-state index is 0.232. The number of fused-ring (bicyclic) bond motifs is 1. The maximum absolute atomic E-state index is 13.3. The van der Waals surface area contributed by atoms with E-state index in [2.05, 4.69) is 53.8 Å². The van der Waals surface area contributed by atoms with Crippen LogP contribution in [0.25, 0.3) is 10.8 Å². The van der Waals surface area contributed by atoms with Crippen LogP contribution in [0.5, 0.6) is 0 Å². The van der Waals surface area contributed by atoms with Crippen molar-refractivity contribution in [3.05, 3.63) is 80.7 Å². The van der Waals surface area contributed by atoms with Crippen LogP contribution < -0.4 is 5.73 Å². The summed E-state index contributed by atoms with van der Waals surface area (Å²) in [7, 11) is 0. The summed E-state index contributed by atoms with van der Waals surface area (Å²) in [6.45, 7) is 2.10. The number of nitrogens with two attached hydrogens (primary N) is 1. The van der Waals surface area contributed by atoms with Gasteiger partial charge >= 0.3 is 0 Å². The normalized spacial score (nSPS) is 12.6. The molecule has 0 fully saturated rings. The Balaban J connectivity index is 2.18. The van der Waals surface area contributed by atoms with Gasteiger partial charge in [-0.3, -0.25) is 0 Å². The average molecular weight is 391 g/mol. The van der Waals surface area contributed by atoms with E-state index in [1.54, 1.807) is 6.07 Å². The zero-order chi connectivity index (χ0) is 15.0. The quantitative estimate of drug-likeness (QED) is 0.616. The van der Waals surface area contributed by atoms with Crippen molar-refractivity contribution in [1.29, 1.82) is 0 Å². The third kappa shape index (κ3) is 2.68. The van der Waals surface area contributed by atoms with E-state index < -0.39 is 0 Å². The molecular weight excluding hydrogens is 376 g/mol. The lowest BCUT2D eigenvalue weighted by Gasteiger charge is -2.18. The van der Waals surface area contributed by atoms with Crippen LogP contribution in [0.2, 0.25) is 0 Å². The molecule has 0 aliphatic rings. The van der Waals surface area contributed by atoms with Gasteiger partial charge in [0.05, 0.1) is 6.04 Å². The molecule has 3 rings (SSSR count). The highest BCUT2D eigenvalue weighted by atomic mass is 127. The molecule has 0 heterocycles. The molecule has 2 N–H and O–H groups in total. The van der Waals surface area contributed by atoms with Crippen molar-refractivity contribution in [3.63, 3.8) is 0 Å². The van der Waals surface area contributed by atoms with Gasteiger partial charge in [0.15, 0.2) is 0 Å². The van der Waals surface area contributed by atoms with Gasteiger partial charge < -0.3 is 5.73 Å². The molecule has 0 radical (unpaired) electrons. The Morgan fingerprint density at radius 2 is 1.62 bits per heavy atom. The highest BCUT2D eigenvalue weighted by molar-refractivity contribution is 14.1. The Bertz CT molecular complexity index is 813. The second kappa shape index (κ2) is 5.73. The molecule has 0 saturated carbocycles. The van der Waals surface area contributed by atoms with Gasteiger partial charge in [-0.25, -0.2) is 4.39 Å². The van der Waals surface area contributed by atoms with Gasteiger partial charge in [-0.15, -0.1) is 0 Å². The second-order valence-electron chi connectivity index (χ2n) is 5.16. The Kier molecular flexibility index (Phi) is 3.95. The smallest absolute Gasteiger partial charge is 0.124 e. The highest BCUT2D eigenvalue weighted by Crippen LogP contribution is 2.31. The monoisotopic (exact) mass is 391 g/mol. The molecule has 0 aliphatic heterocycles. The van der Waals surface area contributed by atoms with Crippen LogP contribution in [0.1, 0.15) is 22.7 Å². The molecule has 1 nitrogen and oxygen atoms in total. The number of hydrogen-bond donors (Lipinski definition) is 1. The number of hydrogen-bond acceptors (Lipinski definition) is 1. The van der Waals surface area contributed by atoms with Crippen LogP contribution in [0.4, 0.5) is 4.39 Å². The predicted molar refractivity (Wildman–Crippen MR) is 93.8 cm³/mol. The van der Waals surface area contributed by atoms with E-state index >= 15 is 0 Å². The Morgan fingerprint density at radius 1 is 0.952 bits per heavy atom. The second-order valence-corrected chi connectivity index (χ2v) is 6.32. The Morgan fingerprint density at radius 3 is 2.33 bits per heavy atom. The average Bonchev–Trinajstić information content (AvgIpc) is 2.47. The van der Waals surface area contributed by atoms with E-state index in [0.717, 1.165) is 20.1 Å². The number of aryl methyl sites for hydroxylation is 1. The maximum Gasteiger partial charge on any atom is 0.124 e. The van der Waals surface area contributed by atoms with Crippen molar-refractivity contribution >= 4 is 33.4 Å². The van der Waals surface area contributed by atoms with Gasteiger partial charge in [0.25, 0.3) is 0 Å². The topological polar surface area (TPSA) is 26.0 Å². The molecule has 0 saturated heterocycles. The summed E-state index contributed by atoms with van der Waals surface area (Å²) in [5, 5.41) is 2.37. The number of rotatable bonds is 2. The molecule has 3 aromatic carbocycles. The lowest BCUT2D eigenvalue weighted by Crippen LogP contribution is -2.14. The van der Waals surface area contributed by atoms with E-state index in [4.69, 9.17) is 5.73 Å². The van der Waals surface area contributed by atoms with E-state index in [0.29, 0.717) is 0 Å². The van der Waals surface area contributed by atoms with E-state index in [-0.39, 0.29) is 11.9 Å². The van der Waals surface area contributed by atoms with Crippen LogP contribution in [0.15, 0.2) is 54.6 Å². The first kappa shape index (κ1) is 14.5. The van der Waals surface area contributed by atoms with Crippen LogP contribution in [-0.4, -0.2) is 0 Å². The Hall–Kier alpha value is -1.46. The highest BCUT2D eigenvalue weighted by Gasteiger charge is 2.15. The molecule has 1 unspecified atom stereocenters. The molecule has 106 valence electrons. The van der Waals surface area contributed by atoms with Gasteiger partial charge in [-0.1, -0.05) is 42.5 Å². The van der Waals surface area contributed by atoms with Crippen LogP contribution in [0.3, 0.4) is 0 Å². The number of halogens is 2. The summed E-state index contributed by atoms with van der Waals surface area (Å²) in [6.07, 6.45) is 0. The predicted octanol–water partition coefficient (Wildman–Crippen LogP) is 4.94. The lowest BCUT2D eigenvalue weighted by molar-refractivity contribution is 0.625. The SMILES string of the molecule is Cc1ccc(C(N)c2ccc(F)cc2I)c2ccccc12. The first-order valence-electron chi connectivity index (χ1n) is 6.76. The summed E-state index contributed by atoms with van der Waals surface area (Å²) in [6, 6.07) is 16.9. The van der Waals surface area contributed by atoms with Crippen LogP contribution in [0, 0.1) is 16.3 Å². The van der Waals surface area contributed by atoms with Crippen molar-refractivity contribution in [2.45, 2.75) is 13.0 Å². The van der Waals surface area contributed by atoms with Crippen molar-refractivity contribution in [1.82, 2.24) is 0 Å². The Labute approximate surface area is 137 Å². The molecule has 0 bridgehead atoms. The summed E-state index contributed by atoms with van der Waals surface area (Å²) in [5.74, 6) is -0.232. The molecule has 0 aliphatic carbocycles. The van der Waals surface area contributed by atoms with E-state index in [1.165, 1.54) is 23.1 Å². The zero-order valence-corrected chi connectivity index (χ0v) is 13.8. The minimum Gasteiger partial charge on any atom is -0.320 e. The fourth-order valence-corrected chi connectivity index (χ4v) is 3.48. The molecule has 0 aromatic heterocycles. The molecule has 1 atom stereocenters. The standard InChI is InChI=1S/C18H15FIN/c1-11-6-8-15(14-5-3-2-4-13(11)14)18(21)16-9-7-12(19)10-17(16)20/h2-10,18H,21H2,1H3. The third-order valence-electron chi connectivity index (χ3n) is 3.81. The first-order chi connectivity index (χ1) is 10.1. The van der Waals surface area contributed by atoms with Gasteiger partial charge in [-0.2, -0.15) is 0 Å². The van der Waals surface area contributed by atoms with Gasteiger partial charge in [0, 0.05) is 3.57 Å². The van der Waals surface area contributed by atoms with Crippen LogP contribution >= 0.6 is 22.6 Å². The fraction of sp³-hybridized carbons (Fsp3) is 0.111. The molecule has 21 heavy (non-hydrogen) atoms. The van der Waals surface area contributed by atoms with Crippen molar-refractivity contribution in [2.24, 2.45) is 5.73 Å². The van der Waals surface area contributed by atoms with Crippen LogP contribution in [-0.2, 0) is 0 Å². The van der Waals surface area contributed by atoms with E-state index in [9.17, 15) is 4.39 Å². The molecular formula is C18H15FIN. The molecule has 3 aromatic rings. The molecule has 3 heteroatoms. The maximum atomic E-state index is 13.3. The summed E-state index contributed by atoms with van der Waals surface area (Å²) >= 11 is 2.14. The number of benzene rings is 3. The molecule has 0 spiro atoms. The van der Waals surface area contributed by atoms with Crippen molar-refractivity contribution < 1.29 is 4.39 Å². The first-order valence-corrected chi connectivity index (χ1v) is 7.84. The zero-order valence-electron chi connectivity index (χ0n) is 11.6. The largest absolute Gasteiger partial charge is 0.320 e. The summed E-state index contributed by atoms with van der Waals surface area (Å²) in [4.78, 5) is 0. The van der Waals surface area contributed by atoms with Gasteiger partial charge in [-0.05, 0) is 69.1 Å². The van der Waals surface area contributed by atoms with Gasteiger partial charge in [0.2, 0.25) is 0 Å². The summed E-state index contributed by atoms with van der Waals surface area (Å²) in [5.41, 5.74) is 9.71. The van der Waals surface area contributed by atoms with Crippen molar-refractivity contribution in [3.8, 4) is 0 Å². The fourth-order valence-electron chi connectivity index (χ4n) is 2.67. The van der Waals surface area contributed by atoms with Gasteiger partial charge in [0.1, 0.15) is 5.82 Å². The van der Waals surface area contributed by atoms with E-state index in [1.807, 2.05) is 12.1 Å². The van der Waals surface area contributed by atoms with Crippen molar-refractivity contribution in [2.75, 3.05) is 0 Å². The molecule has 0 amide bonds. The summed E-state index contributed by atoms with van der Waals surface area (Å²) < 4.78 is 14.1. The third-order valence-corrected chi connectivity index (χ3v) is 4.74.